The van der Waals surface area contributed by atoms with E-state index in [2.05, 4.69) is 10.6 Å². The van der Waals surface area contributed by atoms with Gasteiger partial charge in [0, 0.05) is 12.1 Å². The van der Waals surface area contributed by atoms with Crippen molar-refractivity contribution in [3.05, 3.63) is 98.8 Å². The number of nitro groups is 1. The molecule has 0 aliphatic heterocycles. The molecule has 0 saturated heterocycles. The fraction of sp³-hybridized carbons (Fsp3) is 0. The van der Waals surface area contributed by atoms with E-state index >= 15 is 0 Å². The largest absolute Gasteiger partial charge is 0.321 e. The van der Waals surface area contributed by atoms with Gasteiger partial charge in [0.25, 0.3) is 17.5 Å². The third-order valence-corrected chi connectivity index (χ3v) is 4.26. The number of non-ortho nitro benzene ring substituents is 1. The average Bonchev–Trinajstić information content (AvgIpc) is 2.69. The molecule has 0 aliphatic rings. The third-order valence-electron chi connectivity index (χ3n) is 3.95. The molecule has 2 N–H and O–H groups in total. The standard InChI is InChI=1S/C20H13ClFN3O4/c21-15-11-12(25(28)29)9-10-13(15)19(26)23-17-7-3-1-5-14(17)20(27)24-18-8-4-2-6-16(18)22/h1-11H,(H,23,26)(H,24,27). The summed E-state index contributed by atoms with van der Waals surface area (Å²) in [4.78, 5) is 35.3. The molecule has 3 aromatic rings. The van der Waals surface area contributed by atoms with Crippen LogP contribution in [0.1, 0.15) is 20.7 Å². The number of carbonyl (C=O) groups excluding carboxylic acids is 2. The second-order valence-electron chi connectivity index (χ2n) is 5.85. The minimum Gasteiger partial charge on any atom is -0.321 e. The van der Waals surface area contributed by atoms with Gasteiger partial charge >= 0.3 is 0 Å². The molecule has 0 spiro atoms. The Kier molecular flexibility index (Phi) is 5.85. The average molecular weight is 414 g/mol. The second-order valence-corrected chi connectivity index (χ2v) is 6.26. The molecule has 0 aromatic heterocycles. The summed E-state index contributed by atoms with van der Waals surface area (Å²) in [6.45, 7) is 0. The van der Waals surface area contributed by atoms with Crippen LogP contribution in [0.15, 0.2) is 66.7 Å². The van der Waals surface area contributed by atoms with Crippen molar-refractivity contribution in [1.82, 2.24) is 0 Å². The Morgan fingerprint density at radius 3 is 2.10 bits per heavy atom. The van der Waals surface area contributed by atoms with E-state index in [9.17, 15) is 24.1 Å². The number of anilines is 2. The van der Waals surface area contributed by atoms with Gasteiger partial charge in [-0.2, -0.15) is 0 Å². The highest BCUT2D eigenvalue weighted by Crippen LogP contribution is 2.25. The molecule has 2 amide bonds. The number of nitrogens with zero attached hydrogens (tertiary/aromatic N) is 1. The lowest BCUT2D eigenvalue weighted by Gasteiger charge is -2.12. The summed E-state index contributed by atoms with van der Waals surface area (Å²) >= 11 is 5.98. The second kappa shape index (κ2) is 8.49. The van der Waals surface area contributed by atoms with Crippen molar-refractivity contribution >= 4 is 40.5 Å². The Balaban J connectivity index is 1.84. The summed E-state index contributed by atoms with van der Waals surface area (Å²) in [5.41, 5.74) is 0.0118. The number of amides is 2. The Morgan fingerprint density at radius 1 is 0.862 bits per heavy atom. The van der Waals surface area contributed by atoms with Crippen LogP contribution >= 0.6 is 11.6 Å². The summed E-state index contributed by atoms with van der Waals surface area (Å²) in [5.74, 6) is -1.88. The molecular weight excluding hydrogens is 401 g/mol. The zero-order valence-corrected chi connectivity index (χ0v) is 15.4. The summed E-state index contributed by atoms with van der Waals surface area (Å²) in [7, 11) is 0. The van der Waals surface area contributed by atoms with E-state index in [-0.39, 0.29) is 33.2 Å². The van der Waals surface area contributed by atoms with Crippen LogP contribution in [0.5, 0.6) is 0 Å². The molecule has 9 heteroatoms. The van der Waals surface area contributed by atoms with Crippen LogP contribution in [0.2, 0.25) is 5.02 Å². The number of carbonyl (C=O) groups is 2. The van der Waals surface area contributed by atoms with Crippen molar-refractivity contribution in [1.29, 1.82) is 0 Å². The predicted molar refractivity (Wildman–Crippen MR) is 107 cm³/mol. The number of hydrogen-bond donors (Lipinski definition) is 2. The van der Waals surface area contributed by atoms with E-state index in [0.29, 0.717) is 0 Å². The number of para-hydroxylation sites is 2. The molecule has 0 unspecified atom stereocenters. The molecule has 3 rings (SSSR count). The van der Waals surface area contributed by atoms with Crippen molar-refractivity contribution < 1.29 is 18.9 Å². The third kappa shape index (κ3) is 4.56. The van der Waals surface area contributed by atoms with Crippen LogP contribution in [0.25, 0.3) is 0 Å². The molecule has 0 bridgehead atoms. The fourth-order valence-corrected chi connectivity index (χ4v) is 2.79. The van der Waals surface area contributed by atoms with Crippen molar-refractivity contribution in [2.24, 2.45) is 0 Å². The van der Waals surface area contributed by atoms with E-state index in [4.69, 9.17) is 11.6 Å². The smallest absolute Gasteiger partial charge is 0.270 e. The minimum absolute atomic E-state index is 0.00146. The zero-order chi connectivity index (χ0) is 21.0. The number of rotatable bonds is 5. The predicted octanol–water partition coefficient (Wildman–Crippen LogP) is 4.89. The van der Waals surface area contributed by atoms with Crippen LogP contribution in [0.3, 0.4) is 0 Å². The Bertz CT molecular complexity index is 1120. The highest BCUT2D eigenvalue weighted by molar-refractivity contribution is 6.34. The first-order valence-electron chi connectivity index (χ1n) is 8.27. The van der Waals surface area contributed by atoms with Crippen LogP contribution < -0.4 is 10.6 Å². The van der Waals surface area contributed by atoms with E-state index in [0.717, 1.165) is 12.1 Å². The summed E-state index contributed by atoms with van der Waals surface area (Å²) < 4.78 is 13.8. The number of nitrogens with one attached hydrogen (secondary N) is 2. The molecule has 0 heterocycles. The molecule has 0 saturated carbocycles. The monoisotopic (exact) mass is 413 g/mol. The van der Waals surface area contributed by atoms with Crippen molar-refractivity contribution in [3.63, 3.8) is 0 Å². The van der Waals surface area contributed by atoms with Gasteiger partial charge in [-0.1, -0.05) is 35.9 Å². The van der Waals surface area contributed by atoms with E-state index in [1.165, 1.54) is 36.4 Å². The molecule has 146 valence electrons. The summed E-state index contributed by atoms with van der Waals surface area (Å²) in [6, 6.07) is 15.3. The molecular formula is C20H13ClFN3O4. The first-order chi connectivity index (χ1) is 13.9. The normalized spacial score (nSPS) is 10.3. The zero-order valence-electron chi connectivity index (χ0n) is 14.7. The van der Waals surface area contributed by atoms with Gasteiger partial charge in [0.05, 0.1) is 32.4 Å². The maximum atomic E-state index is 13.8. The van der Waals surface area contributed by atoms with Gasteiger partial charge < -0.3 is 10.6 Å². The summed E-state index contributed by atoms with van der Waals surface area (Å²) in [6.07, 6.45) is 0. The number of benzene rings is 3. The van der Waals surface area contributed by atoms with Gasteiger partial charge in [0.1, 0.15) is 5.82 Å². The van der Waals surface area contributed by atoms with Crippen molar-refractivity contribution in [2.75, 3.05) is 10.6 Å². The Hall–Kier alpha value is -3.78. The highest BCUT2D eigenvalue weighted by Gasteiger charge is 2.18. The lowest BCUT2D eigenvalue weighted by Crippen LogP contribution is -2.19. The van der Waals surface area contributed by atoms with Crippen LogP contribution in [0, 0.1) is 15.9 Å². The van der Waals surface area contributed by atoms with Crippen LogP contribution in [0.4, 0.5) is 21.5 Å². The number of halogens is 2. The number of nitro benzene ring substituents is 1. The van der Waals surface area contributed by atoms with Gasteiger partial charge in [0.15, 0.2) is 0 Å². The van der Waals surface area contributed by atoms with Gasteiger partial charge in [-0.25, -0.2) is 4.39 Å². The lowest BCUT2D eigenvalue weighted by molar-refractivity contribution is -0.384. The maximum absolute atomic E-state index is 13.8. The molecule has 0 aliphatic carbocycles. The molecule has 29 heavy (non-hydrogen) atoms. The Labute approximate surface area is 169 Å². The SMILES string of the molecule is O=C(Nc1ccccc1C(=O)Nc1ccccc1F)c1ccc([N+](=O)[O-])cc1Cl. The van der Waals surface area contributed by atoms with E-state index in [1.807, 2.05) is 0 Å². The molecule has 3 aromatic carbocycles. The fourth-order valence-electron chi connectivity index (χ4n) is 2.53. The molecule has 0 fully saturated rings. The minimum atomic E-state index is -0.656. The highest BCUT2D eigenvalue weighted by atomic mass is 35.5. The quantitative estimate of drug-likeness (QED) is 0.459. The molecule has 7 nitrogen and oxygen atoms in total. The van der Waals surface area contributed by atoms with Gasteiger partial charge in [-0.3, -0.25) is 19.7 Å². The molecule has 0 radical (unpaired) electrons. The Morgan fingerprint density at radius 2 is 1.45 bits per heavy atom. The van der Waals surface area contributed by atoms with Gasteiger partial charge in [-0.05, 0) is 30.3 Å². The van der Waals surface area contributed by atoms with Crippen LogP contribution in [-0.2, 0) is 0 Å². The first-order valence-corrected chi connectivity index (χ1v) is 8.65. The number of hydrogen-bond acceptors (Lipinski definition) is 4. The maximum Gasteiger partial charge on any atom is 0.270 e. The summed E-state index contributed by atoms with van der Waals surface area (Å²) in [5, 5.41) is 15.7. The molecule has 0 atom stereocenters. The topological polar surface area (TPSA) is 101 Å². The van der Waals surface area contributed by atoms with Crippen molar-refractivity contribution in [2.45, 2.75) is 0 Å². The van der Waals surface area contributed by atoms with Gasteiger partial charge in [0.2, 0.25) is 0 Å². The van der Waals surface area contributed by atoms with Crippen LogP contribution in [-0.4, -0.2) is 16.7 Å². The van der Waals surface area contributed by atoms with Crippen molar-refractivity contribution in [3.8, 4) is 0 Å². The first kappa shape index (κ1) is 20.0. The lowest BCUT2D eigenvalue weighted by atomic mass is 10.1. The van der Waals surface area contributed by atoms with E-state index < -0.39 is 22.6 Å². The van der Waals surface area contributed by atoms with Gasteiger partial charge in [-0.15, -0.1) is 0 Å². The van der Waals surface area contributed by atoms with E-state index in [1.54, 1.807) is 18.2 Å².